The Hall–Kier alpha value is -2.32. The minimum absolute atomic E-state index is 0.0824. The molecule has 1 aliphatic rings. The number of piperidine rings is 1. The highest BCUT2D eigenvalue weighted by molar-refractivity contribution is 7.15. The molecule has 7 nitrogen and oxygen atoms in total. The Morgan fingerprint density at radius 1 is 1.36 bits per heavy atom. The summed E-state index contributed by atoms with van der Waals surface area (Å²) in [5.41, 5.74) is 1.27. The van der Waals surface area contributed by atoms with Gasteiger partial charge < -0.3 is 5.32 Å². The monoisotopic (exact) mass is 356 g/mol. The van der Waals surface area contributed by atoms with Crippen molar-refractivity contribution < 1.29 is 4.79 Å². The number of nitrogens with zero attached hydrogens (tertiary/aromatic N) is 5. The molecule has 1 saturated heterocycles. The van der Waals surface area contributed by atoms with Crippen molar-refractivity contribution in [2.75, 3.05) is 18.4 Å². The molecule has 1 fully saturated rings. The van der Waals surface area contributed by atoms with Gasteiger partial charge in [0.05, 0.1) is 0 Å². The lowest BCUT2D eigenvalue weighted by molar-refractivity contribution is -0.114. The third kappa shape index (κ3) is 3.54. The molecule has 1 amide bonds. The molecule has 0 spiro atoms. The molecule has 4 rings (SSSR count). The summed E-state index contributed by atoms with van der Waals surface area (Å²) in [5, 5.41) is 3.42. The second-order valence-corrected chi connectivity index (χ2v) is 7.47. The Balaban J connectivity index is 1.47. The lowest BCUT2D eigenvalue weighted by Gasteiger charge is -2.32. The zero-order chi connectivity index (χ0) is 17.2. The predicted octanol–water partition coefficient (Wildman–Crippen LogP) is 2.52. The summed E-state index contributed by atoms with van der Waals surface area (Å²) in [5.74, 6) is 1.15. The highest BCUT2D eigenvalue weighted by Crippen LogP contribution is 2.29. The number of likely N-dealkylation sites (tertiary alicyclic amines) is 1. The fourth-order valence-corrected chi connectivity index (χ4v) is 4.34. The number of hydrogen-bond donors (Lipinski definition) is 1. The summed E-state index contributed by atoms with van der Waals surface area (Å²) in [7, 11) is 0. The molecule has 1 unspecified atom stereocenters. The maximum atomic E-state index is 11.1. The fraction of sp³-hybridized carbons (Fsp3) is 0.412. The largest absolute Gasteiger partial charge is 0.302 e. The van der Waals surface area contributed by atoms with Crippen molar-refractivity contribution in [2.24, 2.45) is 0 Å². The molecule has 8 heteroatoms. The van der Waals surface area contributed by atoms with Crippen LogP contribution < -0.4 is 5.32 Å². The van der Waals surface area contributed by atoms with Crippen LogP contribution in [0.4, 0.5) is 5.13 Å². The smallest absolute Gasteiger partial charge is 0.233 e. The van der Waals surface area contributed by atoms with E-state index in [1.807, 2.05) is 18.6 Å². The molecule has 0 radical (unpaired) electrons. The van der Waals surface area contributed by atoms with Crippen LogP contribution >= 0.6 is 11.3 Å². The zero-order valence-corrected chi connectivity index (χ0v) is 14.9. The van der Waals surface area contributed by atoms with Crippen molar-refractivity contribution in [3.8, 4) is 0 Å². The van der Waals surface area contributed by atoms with Crippen LogP contribution in [0.25, 0.3) is 5.78 Å². The molecule has 3 aromatic rings. The SMILES string of the molecule is CC(=O)Nc1ncc(CN2CCCC(c3ccnc4nccn34)C2)s1. The maximum absolute atomic E-state index is 11.1. The molecule has 3 aromatic heterocycles. The molecule has 1 atom stereocenters. The highest BCUT2D eigenvalue weighted by Gasteiger charge is 2.24. The predicted molar refractivity (Wildman–Crippen MR) is 96.7 cm³/mol. The van der Waals surface area contributed by atoms with Gasteiger partial charge in [-0.25, -0.2) is 15.0 Å². The third-order valence-corrected chi connectivity index (χ3v) is 5.37. The molecule has 1 aliphatic heterocycles. The minimum atomic E-state index is -0.0824. The molecule has 130 valence electrons. The van der Waals surface area contributed by atoms with E-state index in [9.17, 15) is 4.79 Å². The molecule has 0 bridgehead atoms. The van der Waals surface area contributed by atoms with E-state index < -0.39 is 0 Å². The van der Waals surface area contributed by atoms with Gasteiger partial charge in [-0.05, 0) is 25.5 Å². The number of hydrogen-bond acceptors (Lipinski definition) is 6. The number of imidazole rings is 1. The first-order chi connectivity index (χ1) is 12.2. The zero-order valence-electron chi connectivity index (χ0n) is 14.1. The Bertz CT molecular complexity index is 888. The molecular formula is C17H20N6OS. The van der Waals surface area contributed by atoms with Gasteiger partial charge in [-0.1, -0.05) is 0 Å². The first-order valence-electron chi connectivity index (χ1n) is 8.41. The number of anilines is 1. The standard InChI is InChI=1S/C17H20N6OS/c1-12(24)21-17-20-9-14(25-17)11-22-7-2-3-13(10-22)15-4-5-18-16-19-6-8-23(15)16/h4-6,8-9,13H,2-3,7,10-11H2,1H3,(H,20,21,24). The molecule has 0 saturated carbocycles. The van der Waals surface area contributed by atoms with E-state index in [0.717, 1.165) is 25.4 Å². The normalized spacial score (nSPS) is 18.5. The van der Waals surface area contributed by atoms with Crippen LogP contribution in [0.5, 0.6) is 0 Å². The van der Waals surface area contributed by atoms with E-state index in [1.54, 1.807) is 17.5 Å². The van der Waals surface area contributed by atoms with Gasteiger partial charge in [0.15, 0.2) is 5.13 Å². The van der Waals surface area contributed by atoms with E-state index >= 15 is 0 Å². The second kappa shape index (κ2) is 6.89. The average Bonchev–Trinajstić information content (AvgIpc) is 3.23. The number of amides is 1. The van der Waals surface area contributed by atoms with Crippen molar-refractivity contribution in [1.29, 1.82) is 0 Å². The van der Waals surface area contributed by atoms with Gasteiger partial charge in [0.25, 0.3) is 0 Å². The topological polar surface area (TPSA) is 75.4 Å². The lowest BCUT2D eigenvalue weighted by Crippen LogP contribution is -2.34. The number of carbonyl (C=O) groups excluding carboxylic acids is 1. The van der Waals surface area contributed by atoms with E-state index in [1.165, 1.54) is 30.3 Å². The van der Waals surface area contributed by atoms with Crippen LogP contribution in [0.1, 0.15) is 36.3 Å². The van der Waals surface area contributed by atoms with E-state index in [-0.39, 0.29) is 5.91 Å². The Morgan fingerprint density at radius 2 is 2.24 bits per heavy atom. The quantitative estimate of drug-likeness (QED) is 0.777. The molecule has 4 heterocycles. The van der Waals surface area contributed by atoms with Crippen LogP contribution in [0.3, 0.4) is 0 Å². The van der Waals surface area contributed by atoms with Gasteiger partial charge in [0.2, 0.25) is 11.7 Å². The molecule has 25 heavy (non-hydrogen) atoms. The van der Waals surface area contributed by atoms with Crippen molar-refractivity contribution in [2.45, 2.75) is 32.2 Å². The van der Waals surface area contributed by atoms with Gasteiger partial charge >= 0.3 is 0 Å². The Kier molecular flexibility index (Phi) is 4.46. The average molecular weight is 356 g/mol. The van der Waals surface area contributed by atoms with Gasteiger partial charge in [-0.15, -0.1) is 11.3 Å². The maximum Gasteiger partial charge on any atom is 0.233 e. The first kappa shape index (κ1) is 16.2. The Labute approximate surface area is 149 Å². The van der Waals surface area contributed by atoms with Crippen LogP contribution in [0.2, 0.25) is 0 Å². The summed E-state index contributed by atoms with van der Waals surface area (Å²) in [6, 6.07) is 2.10. The van der Waals surface area contributed by atoms with Crippen molar-refractivity contribution >= 4 is 28.2 Å². The van der Waals surface area contributed by atoms with E-state index in [4.69, 9.17) is 0 Å². The Morgan fingerprint density at radius 3 is 3.12 bits per heavy atom. The van der Waals surface area contributed by atoms with Crippen LogP contribution in [0, 0.1) is 0 Å². The number of nitrogens with one attached hydrogen (secondary N) is 1. The second-order valence-electron chi connectivity index (χ2n) is 6.35. The molecule has 0 aromatic carbocycles. The summed E-state index contributed by atoms with van der Waals surface area (Å²) >= 11 is 1.55. The third-order valence-electron chi connectivity index (χ3n) is 4.47. The highest BCUT2D eigenvalue weighted by atomic mass is 32.1. The van der Waals surface area contributed by atoms with Gasteiger partial charge in [0.1, 0.15) is 0 Å². The summed E-state index contributed by atoms with van der Waals surface area (Å²) in [4.78, 5) is 27.6. The van der Waals surface area contributed by atoms with Crippen LogP contribution in [-0.2, 0) is 11.3 Å². The fourth-order valence-electron chi connectivity index (χ4n) is 3.44. The van der Waals surface area contributed by atoms with E-state index in [2.05, 4.69) is 35.6 Å². The number of thiazole rings is 1. The number of rotatable bonds is 4. The van der Waals surface area contributed by atoms with Crippen LogP contribution in [0.15, 0.2) is 30.9 Å². The number of carbonyl (C=O) groups is 1. The molecular weight excluding hydrogens is 336 g/mol. The summed E-state index contributed by atoms with van der Waals surface area (Å²) < 4.78 is 2.09. The van der Waals surface area contributed by atoms with Crippen LogP contribution in [-0.4, -0.2) is 43.2 Å². The van der Waals surface area contributed by atoms with Crippen molar-refractivity contribution in [3.05, 3.63) is 41.4 Å². The van der Waals surface area contributed by atoms with E-state index in [0.29, 0.717) is 11.0 Å². The first-order valence-corrected chi connectivity index (χ1v) is 9.23. The number of aromatic nitrogens is 4. The van der Waals surface area contributed by atoms with Gasteiger partial charge in [0, 0.05) is 61.3 Å². The minimum Gasteiger partial charge on any atom is -0.302 e. The lowest BCUT2D eigenvalue weighted by atomic mass is 9.94. The van der Waals surface area contributed by atoms with Crippen molar-refractivity contribution in [3.63, 3.8) is 0 Å². The number of fused-ring (bicyclic) bond motifs is 1. The van der Waals surface area contributed by atoms with Crippen molar-refractivity contribution in [1.82, 2.24) is 24.3 Å². The molecule has 1 N–H and O–H groups in total. The summed E-state index contributed by atoms with van der Waals surface area (Å²) in [6.45, 7) is 4.46. The van der Waals surface area contributed by atoms with Gasteiger partial charge in [-0.3, -0.25) is 14.1 Å². The van der Waals surface area contributed by atoms with Gasteiger partial charge in [-0.2, -0.15) is 0 Å². The molecule has 0 aliphatic carbocycles. The summed E-state index contributed by atoms with van der Waals surface area (Å²) in [6.07, 6.45) is 9.83.